The molecule has 0 aromatic heterocycles. The maximum Gasteiger partial charge on any atom is 0.427 e. The van der Waals surface area contributed by atoms with E-state index >= 15 is 0 Å². The van der Waals surface area contributed by atoms with Gasteiger partial charge in [-0.05, 0) is 43.7 Å². The SMILES string of the molecule is CCOC(=O)N/N=C(/C)c1ccc(O)cc1. The third-order valence-electron chi connectivity index (χ3n) is 1.88. The monoisotopic (exact) mass is 222 g/mol. The van der Waals surface area contributed by atoms with Crippen LogP contribution < -0.4 is 5.43 Å². The van der Waals surface area contributed by atoms with E-state index in [1.807, 2.05) is 0 Å². The molecule has 0 radical (unpaired) electrons. The molecule has 16 heavy (non-hydrogen) atoms. The second-order valence-electron chi connectivity index (χ2n) is 3.08. The lowest BCUT2D eigenvalue weighted by molar-refractivity contribution is 0.152. The van der Waals surface area contributed by atoms with Crippen molar-refractivity contribution in [2.24, 2.45) is 5.10 Å². The Morgan fingerprint density at radius 2 is 2.06 bits per heavy atom. The van der Waals surface area contributed by atoms with Gasteiger partial charge in [-0.3, -0.25) is 0 Å². The Morgan fingerprint density at radius 3 is 2.62 bits per heavy atom. The van der Waals surface area contributed by atoms with E-state index < -0.39 is 6.09 Å². The molecule has 0 bridgehead atoms. The van der Waals surface area contributed by atoms with Gasteiger partial charge in [0.1, 0.15) is 5.75 Å². The van der Waals surface area contributed by atoms with E-state index in [0.717, 1.165) is 5.56 Å². The molecule has 0 aliphatic heterocycles. The quantitative estimate of drug-likeness (QED) is 0.605. The van der Waals surface area contributed by atoms with Gasteiger partial charge in [0.25, 0.3) is 0 Å². The highest BCUT2D eigenvalue weighted by Gasteiger charge is 2.00. The zero-order valence-electron chi connectivity index (χ0n) is 9.23. The number of hydrogen-bond donors (Lipinski definition) is 2. The number of hydrazone groups is 1. The number of carbonyl (C=O) groups excluding carboxylic acids is 1. The topological polar surface area (TPSA) is 70.9 Å². The lowest BCUT2D eigenvalue weighted by Crippen LogP contribution is -2.20. The first-order chi connectivity index (χ1) is 7.63. The Kier molecular flexibility index (Phi) is 4.32. The van der Waals surface area contributed by atoms with Gasteiger partial charge in [-0.1, -0.05) is 0 Å². The van der Waals surface area contributed by atoms with Crippen LogP contribution in [-0.4, -0.2) is 23.5 Å². The largest absolute Gasteiger partial charge is 0.508 e. The second kappa shape index (κ2) is 5.75. The molecule has 0 spiro atoms. The summed E-state index contributed by atoms with van der Waals surface area (Å²) in [5.41, 5.74) is 3.71. The third-order valence-corrected chi connectivity index (χ3v) is 1.88. The normalized spacial score (nSPS) is 11.0. The molecule has 0 aliphatic carbocycles. The molecule has 0 saturated heterocycles. The fourth-order valence-corrected chi connectivity index (χ4v) is 1.06. The van der Waals surface area contributed by atoms with E-state index in [9.17, 15) is 4.79 Å². The fourth-order valence-electron chi connectivity index (χ4n) is 1.06. The predicted octanol–water partition coefficient (Wildman–Crippen LogP) is 1.86. The van der Waals surface area contributed by atoms with Crippen molar-refractivity contribution >= 4 is 11.8 Å². The van der Waals surface area contributed by atoms with Crippen LogP contribution in [-0.2, 0) is 4.74 Å². The third kappa shape index (κ3) is 3.61. The summed E-state index contributed by atoms with van der Waals surface area (Å²) in [7, 11) is 0. The minimum absolute atomic E-state index is 0.190. The molecule has 0 aliphatic rings. The Morgan fingerprint density at radius 1 is 1.44 bits per heavy atom. The molecule has 5 nitrogen and oxygen atoms in total. The van der Waals surface area contributed by atoms with Gasteiger partial charge in [-0.2, -0.15) is 5.10 Å². The molecule has 0 unspecified atom stereocenters. The van der Waals surface area contributed by atoms with Gasteiger partial charge in [0.2, 0.25) is 0 Å². The number of nitrogens with one attached hydrogen (secondary N) is 1. The minimum Gasteiger partial charge on any atom is -0.508 e. The van der Waals surface area contributed by atoms with Crippen LogP contribution in [0, 0.1) is 0 Å². The predicted molar refractivity (Wildman–Crippen MR) is 60.5 cm³/mol. The number of aromatic hydroxyl groups is 1. The van der Waals surface area contributed by atoms with Crippen molar-refractivity contribution in [2.75, 3.05) is 6.61 Å². The van der Waals surface area contributed by atoms with Gasteiger partial charge in [0, 0.05) is 0 Å². The molecule has 1 aromatic rings. The number of rotatable bonds is 3. The minimum atomic E-state index is -0.583. The van der Waals surface area contributed by atoms with Crippen LogP contribution in [0.2, 0.25) is 0 Å². The lowest BCUT2D eigenvalue weighted by atomic mass is 10.1. The highest BCUT2D eigenvalue weighted by molar-refractivity contribution is 5.99. The maximum absolute atomic E-state index is 11.0. The van der Waals surface area contributed by atoms with E-state index in [4.69, 9.17) is 5.11 Å². The summed E-state index contributed by atoms with van der Waals surface area (Å²) in [6, 6.07) is 6.53. The first-order valence-electron chi connectivity index (χ1n) is 4.90. The van der Waals surface area contributed by atoms with E-state index in [1.54, 1.807) is 38.1 Å². The lowest BCUT2D eigenvalue weighted by Gasteiger charge is -2.02. The molecule has 1 rings (SSSR count). The zero-order valence-corrected chi connectivity index (χ0v) is 9.23. The van der Waals surface area contributed by atoms with Crippen molar-refractivity contribution in [3.05, 3.63) is 29.8 Å². The summed E-state index contributed by atoms with van der Waals surface area (Å²) in [6.45, 7) is 3.77. The highest BCUT2D eigenvalue weighted by Crippen LogP contribution is 2.10. The number of phenols is 1. The Bertz CT molecular complexity index is 385. The molecule has 1 amide bonds. The van der Waals surface area contributed by atoms with Crippen LogP contribution in [0.5, 0.6) is 5.75 Å². The van der Waals surface area contributed by atoms with Crippen molar-refractivity contribution < 1.29 is 14.6 Å². The summed E-state index contributed by atoms with van der Waals surface area (Å²) < 4.78 is 4.65. The number of ether oxygens (including phenoxy) is 1. The summed E-state index contributed by atoms with van der Waals surface area (Å²) in [5.74, 6) is 0.190. The number of hydrogen-bond acceptors (Lipinski definition) is 4. The van der Waals surface area contributed by atoms with Gasteiger partial charge >= 0.3 is 6.09 Å². The maximum atomic E-state index is 11.0. The molecule has 1 aromatic carbocycles. The Hall–Kier alpha value is -2.04. The standard InChI is InChI=1S/C11H14N2O3/c1-3-16-11(15)13-12-8(2)9-4-6-10(14)7-5-9/h4-7,14H,3H2,1-2H3,(H,13,15)/b12-8-. The van der Waals surface area contributed by atoms with Crippen LogP contribution in [0.25, 0.3) is 0 Å². The first-order valence-corrected chi connectivity index (χ1v) is 4.90. The van der Waals surface area contributed by atoms with Crippen molar-refractivity contribution in [2.45, 2.75) is 13.8 Å². The highest BCUT2D eigenvalue weighted by atomic mass is 16.5. The van der Waals surface area contributed by atoms with E-state index in [0.29, 0.717) is 12.3 Å². The van der Waals surface area contributed by atoms with Gasteiger partial charge in [0.05, 0.1) is 12.3 Å². The van der Waals surface area contributed by atoms with Gasteiger partial charge in [-0.15, -0.1) is 0 Å². The van der Waals surface area contributed by atoms with Crippen molar-refractivity contribution in [1.29, 1.82) is 0 Å². The molecule has 86 valence electrons. The number of phenolic OH excluding ortho intramolecular Hbond substituents is 1. The van der Waals surface area contributed by atoms with Crippen molar-refractivity contribution in [1.82, 2.24) is 5.43 Å². The molecule has 0 atom stereocenters. The van der Waals surface area contributed by atoms with Crippen molar-refractivity contribution in [3.8, 4) is 5.75 Å². The first kappa shape index (κ1) is 12.0. The average molecular weight is 222 g/mol. The number of amides is 1. The molecule has 0 heterocycles. The number of nitrogens with zero attached hydrogens (tertiary/aromatic N) is 1. The average Bonchev–Trinajstić information content (AvgIpc) is 2.27. The van der Waals surface area contributed by atoms with Crippen LogP contribution >= 0.6 is 0 Å². The molecule has 2 N–H and O–H groups in total. The Labute approximate surface area is 93.7 Å². The van der Waals surface area contributed by atoms with E-state index in [-0.39, 0.29) is 5.75 Å². The van der Waals surface area contributed by atoms with E-state index in [2.05, 4.69) is 15.3 Å². The molecule has 0 fully saturated rings. The molecular formula is C11H14N2O3. The van der Waals surface area contributed by atoms with Crippen molar-refractivity contribution in [3.63, 3.8) is 0 Å². The Balaban J connectivity index is 2.63. The molecular weight excluding hydrogens is 208 g/mol. The van der Waals surface area contributed by atoms with Crippen LogP contribution in [0.3, 0.4) is 0 Å². The molecule has 5 heteroatoms. The van der Waals surface area contributed by atoms with E-state index in [1.165, 1.54) is 0 Å². The van der Waals surface area contributed by atoms with Gasteiger partial charge in [-0.25, -0.2) is 10.2 Å². The van der Waals surface area contributed by atoms with Gasteiger partial charge in [0.15, 0.2) is 0 Å². The van der Waals surface area contributed by atoms with Gasteiger partial charge < -0.3 is 9.84 Å². The van der Waals surface area contributed by atoms with Crippen LogP contribution in [0.15, 0.2) is 29.4 Å². The smallest absolute Gasteiger partial charge is 0.427 e. The molecule has 0 saturated carbocycles. The number of carbonyl (C=O) groups is 1. The summed E-state index contributed by atoms with van der Waals surface area (Å²) in [5, 5.41) is 13.0. The van der Waals surface area contributed by atoms with Crippen LogP contribution in [0.1, 0.15) is 19.4 Å². The zero-order chi connectivity index (χ0) is 12.0. The summed E-state index contributed by atoms with van der Waals surface area (Å²) in [6.07, 6.45) is -0.583. The van der Waals surface area contributed by atoms with Crippen LogP contribution in [0.4, 0.5) is 4.79 Å². The summed E-state index contributed by atoms with van der Waals surface area (Å²) >= 11 is 0. The summed E-state index contributed by atoms with van der Waals surface area (Å²) in [4.78, 5) is 11.0. The fraction of sp³-hybridized carbons (Fsp3) is 0.273. The second-order valence-corrected chi connectivity index (χ2v) is 3.08. The number of benzene rings is 1.